The lowest BCUT2D eigenvalue weighted by Crippen LogP contribution is -2.44. The summed E-state index contributed by atoms with van der Waals surface area (Å²) in [6, 6.07) is 4.00. The van der Waals surface area contributed by atoms with E-state index in [9.17, 15) is 4.79 Å². The van der Waals surface area contributed by atoms with E-state index < -0.39 is 0 Å². The summed E-state index contributed by atoms with van der Waals surface area (Å²) in [5.41, 5.74) is 3.12. The fourth-order valence-corrected chi connectivity index (χ4v) is 3.02. The molecule has 1 aliphatic heterocycles. The predicted octanol–water partition coefficient (Wildman–Crippen LogP) is 3.18. The van der Waals surface area contributed by atoms with Crippen molar-refractivity contribution in [3.8, 4) is 0 Å². The minimum atomic E-state index is 0.0393. The van der Waals surface area contributed by atoms with E-state index in [0.717, 1.165) is 18.0 Å². The van der Waals surface area contributed by atoms with Crippen molar-refractivity contribution >= 4 is 17.2 Å². The molecule has 1 N–H and O–H groups in total. The lowest BCUT2D eigenvalue weighted by atomic mass is 9.95. The van der Waals surface area contributed by atoms with E-state index in [1.165, 1.54) is 24.1 Å². The van der Waals surface area contributed by atoms with Crippen molar-refractivity contribution in [1.29, 1.82) is 0 Å². The highest BCUT2D eigenvalue weighted by Gasteiger charge is 2.20. The molecular formula is C14H22N2OS. The first-order valence-corrected chi connectivity index (χ1v) is 7.45. The Balaban J connectivity index is 1.98. The molecule has 0 aromatic carbocycles. The highest BCUT2D eigenvalue weighted by atomic mass is 32.1. The van der Waals surface area contributed by atoms with E-state index in [1.54, 1.807) is 11.3 Å². The zero-order valence-corrected chi connectivity index (χ0v) is 12.3. The Labute approximate surface area is 113 Å². The summed E-state index contributed by atoms with van der Waals surface area (Å²) in [6.07, 6.45) is 3.63. The third-order valence-corrected chi connectivity index (χ3v) is 4.69. The van der Waals surface area contributed by atoms with Gasteiger partial charge in [0.1, 0.15) is 0 Å². The van der Waals surface area contributed by atoms with E-state index in [-0.39, 0.29) is 11.3 Å². The van der Waals surface area contributed by atoms with Crippen molar-refractivity contribution in [3.63, 3.8) is 0 Å². The first kappa shape index (κ1) is 13.6. The van der Waals surface area contributed by atoms with Crippen molar-refractivity contribution in [2.24, 2.45) is 0 Å². The number of thiophene rings is 1. The lowest BCUT2D eigenvalue weighted by Gasteiger charge is -2.26. The van der Waals surface area contributed by atoms with Crippen LogP contribution in [0, 0.1) is 0 Å². The number of hydrazine groups is 1. The van der Waals surface area contributed by atoms with Gasteiger partial charge in [-0.25, -0.2) is 5.01 Å². The highest BCUT2D eigenvalue weighted by molar-refractivity contribution is 7.14. The topological polar surface area (TPSA) is 32.3 Å². The lowest BCUT2D eigenvalue weighted by molar-refractivity contribution is 0.0754. The van der Waals surface area contributed by atoms with Crippen molar-refractivity contribution in [2.45, 2.75) is 45.4 Å². The van der Waals surface area contributed by atoms with Gasteiger partial charge in [0.2, 0.25) is 0 Å². The molecule has 3 nitrogen and oxygen atoms in total. The molecule has 2 heterocycles. The van der Waals surface area contributed by atoms with E-state index in [4.69, 9.17) is 0 Å². The second kappa shape index (κ2) is 5.41. The molecular weight excluding hydrogens is 244 g/mol. The van der Waals surface area contributed by atoms with Crippen LogP contribution >= 0.6 is 11.3 Å². The van der Waals surface area contributed by atoms with Gasteiger partial charge in [0.05, 0.1) is 4.88 Å². The number of piperidine rings is 1. The van der Waals surface area contributed by atoms with Crippen LogP contribution in [0.3, 0.4) is 0 Å². The Hall–Kier alpha value is -0.870. The van der Waals surface area contributed by atoms with Gasteiger partial charge >= 0.3 is 0 Å². The van der Waals surface area contributed by atoms with Crippen LogP contribution in [0.2, 0.25) is 0 Å². The van der Waals surface area contributed by atoms with Crippen LogP contribution in [0.1, 0.15) is 54.6 Å². The number of hydrogen-bond donors (Lipinski definition) is 1. The molecule has 1 aliphatic rings. The minimum absolute atomic E-state index is 0.0393. The zero-order valence-electron chi connectivity index (χ0n) is 11.5. The van der Waals surface area contributed by atoms with Gasteiger partial charge in [-0.2, -0.15) is 0 Å². The summed E-state index contributed by atoms with van der Waals surface area (Å²) in [5, 5.41) is 2.04. The van der Waals surface area contributed by atoms with Gasteiger partial charge in [-0.1, -0.05) is 27.2 Å². The first-order chi connectivity index (χ1) is 8.47. The molecule has 0 saturated carbocycles. The monoisotopic (exact) mass is 266 g/mol. The predicted molar refractivity (Wildman–Crippen MR) is 75.9 cm³/mol. The van der Waals surface area contributed by atoms with Crippen LogP contribution in [0.4, 0.5) is 0 Å². The van der Waals surface area contributed by atoms with Crippen molar-refractivity contribution in [3.05, 3.63) is 21.9 Å². The second-order valence-corrected chi connectivity index (χ2v) is 6.99. The molecule has 18 heavy (non-hydrogen) atoms. The fraction of sp³-hybridized carbons (Fsp3) is 0.643. The summed E-state index contributed by atoms with van der Waals surface area (Å²) in [4.78, 5) is 14.2. The molecule has 0 aliphatic carbocycles. The molecule has 0 spiro atoms. The molecule has 4 heteroatoms. The molecule has 0 bridgehead atoms. The van der Waals surface area contributed by atoms with Crippen molar-refractivity contribution in [2.75, 3.05) is 13.1 Å². The number of carbonyl (C=O) groups excluding carboxylic acids is 1. The number of rotatable bonds is 2. The summed E-state index contributed by atoms with van der Waals surface area (Å²) < 4.78 is 0. The molecule has 0 atom stereocenters. The van der Waals surface area contributed by atoms with E-state index in [2.05, 4.69) is 32.3 Å². The van der Waals surface area contributed by atoms with Crippen LogP contribution in [0.15, 0.2) is 12.1 Å². The van der Waals surface area contributed by atoms with Gasteiger partial charge in [0.15, 0.2) is 0 Å². The maximum atomic E-state index is 12.1. The fourth-order valence-electron chi connectivity index (χ4n) is 2.07. The standard InChI is InChI=1S/C14H22N2OS/c1-14(2,3)12-8-7-11(18-12)13(17)15-16-9-5-4-6-10-16/h7-8H,4-6,9-10H2,1-3H3,(H,15,17). The molecule has 1 saturated heterocycles. The van der Waals surface area contributed by atoms with Gasteiger partial charge in [0, 0.05) is 18.0 Å². The van der Waals surface area contributed by atoms with Crippen LogP contribution < -0.4 is 5.43 Å². The Morgan fingerprint density at radius 3 is 2.44 bits per heavy atom. The van der Waals surface area contributed by atoms with Gasteiger partial charge in [0.25, 0.3) is 5.91 Å². The smallest absolute Gasteiger partial charge is 0.275 e. The number of nitrogens with one attached hydrogen (secondary N) is 1. The Morgan fingerprint density at radius 2 is 1.89 bits per heavy atom. The van der Waals surface area contributed by atoms with Crippen LogP contribution in [-0.4, -0.2) is 24.0 Å². The molecule has 1 aromatic rings. The maximum absolute atomic E-state index is 12.1. The average Bonchev–Trinajstić information content (AvgIpc) is 2.79. The second-order valence-electron chi connectivity index (χ2n) is 5.90. The molecule has 0 unspecified atom stereocenters. The Kier molecular flexibility index (Phi) is 4.07. The number of hydrogen-bond acceptors (Lipinski definition) is 3. The third-order valence-electron chi connectivity index (χ3n) is 3.18. The summed E-state index contributed by atoms with van der Waals surface area (Å²) in [7, 11) is 0. The van der Waals surface area contributed by atoms with E-state index in [1.807, 2.05) is 11.1 Å². The number of carbonyl (C=O) groups is 1. The molecule has 100 valence electrons. The summed E-state index contributed by atoms with van der Waals surface area (Å²) >= 11 is 1.60. The van der Waals surface area contributed by atoms with Crippen LogP contribution in [0.25, 0.3) is 0 Å². The number of nitrogens with zero attached hydrogens (tertiary/aromatic N) is 1. The van der Waals surface area contributed by atoms with Crippen LogP contribution in [0.5, 0.6) is 0 Å². The average molecular weight is 266 g/mol. The Bertz CT molecular complexity index is 414. The highest BCUT2D eigenvalue weighted by Crippen LogP contribution is 2.29. The zero-order chi connectivity index (χ0) is 13.2. The first-order valence-electron chi connectivity index (χ1n) is 6.63. The molecule has 1 amide bonds. The number of amides is 1. The summed E-state index contributed by atoms with van der Waals surface area (Å²) in [6.45, 7) is 8.47. The van der Waals surface area contributed by atoms with Gasteiger partial charge in [-0.05, 0) is 30.4 Å². The minimum Gasteiger partial charge on any atom is -0.284 e. The van der Waals surface area contributed by atoms with Crippen molar-refractivity contribution in [1.82, 2.24) is 10.4 Å². The van der Waals surface area contributed by atoms with Gasteiger partial charge < -0.3 is 0 Å². The molecule has 1 fully saturated rings. The largest absolute Gasteiger partial charge is 0.284 e. The quantitative estimate of drug-likeness (QED) is 0.891. The maximum Gasteiger partial charge on any atom is 0.275 e. The third kappa shape index (κ3) is 3.33. The summed E-state index contributed by atoms with van der Waals surface area (Å²) in [5.74, 6) is 0.0393. The molecule has 1 aromatic heterocycles. The normalized spacial score (nSPS) is 17.7. The molecule has 2 rings (SSSR count). The van der Waals surface area contributed by atoms with Crippen molar-refractivity contribution < 1.29 is 4.79 Å². The van der Waals surface area contributed by atoms with E-state index in [0.29, 0.717) is 0 Å². The molecule has 0 radical (unpaired) electrons. The van der Waals surface area contributed by atoms with Gasteiger partial charge in [-0.3, -0.25) is 10.2 Å². The van der Waals surface area contributed by atoms with E-state index >= 15 is 0 Å². The SMILES string of the molecule is CC(C)(C)c1ccc(C(=O)NN2CCCCC2)s1. The van der Waals surface area contributed by atoms with Crippen LogP contribution in [-0.2, 0) is 5.41 Å². The van der Waals surface area contributed by atoms with Gasteiger partial charge in [-0.15, -0.1) is 11.3 Å². The Morgan fingerprint density at radius 1 is 1.22 bits per heavy atom.